The Balaban J connectivity index is 2.44. The van der Waals surface area contributed by atoms with E-state index in [0.29, 0.717) is 25.8 Å². The van der Waals surface area contributed by atoms with Gasteiger partial charge >= 0.3 is 12.1 Å². The third-order valence-corrected chi connectivity index (χ3v) is 2.94. The van der Waals surface area contributed by atoms with Gasteiger partial charge in [0, 0.05) is 13.1 Å². The van der Waals surface area contributed by atoms with E-state index in [1.54, 1.807) is 6.92 Å². The number of pyridine rings is 1. The van der Waals surface area contributed by atoms with Crippen LogP contribution >= 0.6 is 0 Å². The number of alkyl halides is 3. The highest BCUT2D eigenvalue weighted by Crippen LogP contribution is 2.31. The maximum atomic E-state index is 12.7. The van der Waals surface area contributed by atoms with Crippen LogP contribution in [0.3, 0.4) is 0 Å². The lowest BCUT2D eigenvalue weighted by atomic mass is 10.2. The number of rotatable bonds is 2. The van der Waals surface area contributed by atoms with Gasteiger partial charge in [0.15, 0.2) is 0 Å². The number of aromatic carboxylic acids is 1. The molecule has 0 spiro atoms. The van der Waals surface area contributed by atoms with Crippen molar-refractivity contribution in [3.63, 3.8) is 0 Å². The second-order valence-electron chi connectivity index (χ2n) is 4.50. The Morgan fingerprint density at radius 3 is 2.75 bits per heavy atom. The van der Waals surface area contributed by atoms with E-state index in [2.05, 4.69) is 4.98 Å². The Morgan fingerprint density at radius 1 is 1.50 bits per heavy atom. The quantitative estimate of drug-likeness (QED) is 0.903. The predicted molar refractivity (Wildman–Crippen MR) is 63.8 cm³/mol. The fraction of sp³-hybridized carbons (Fsp3) is 0.500. The molecule has 0 saturated carbocycles. The molecule has 0 bridgehead atoms. The van der Waals surface area contributed by atoms with Gasteiger partial charge in [-0.15, -0.1) is 0 Å². The summed E-state index contributed by atoms with van der Waals surface area (Å²) in [6.07, 6.45) is -4.80. The van der Waals surface area contributed by atoms with Crippen LogP contribution in [-0.4, -0.2) is 41.9 Å². The fourth-order valence-electron chi connectivity index (χ4n) is 2.03. The van der Waals surface area contributed by atoms with E-state index in [4.69, 9.17) is 9.84 Å². The maximum absolute atomic E-state index is 12.7. The normalized spacial score (nSPS) is 20.0. The van der Waals surface area contributed by atoms with Crippen molar-refractivity contribution < 1.29 is 27.8 Å². The number of halogens is 3. The zero-order valence-corrected chi connectivity index (χ0v) is 10.6. The molecule has 2 heterocycles. The molecule has 2 rings (SSSR count). The minimum Gasteiger partial charge on any atom is -0.478 e. The molecule has 1 aromatic rings. The molecule has 1 saturated heterocycles. The summed E-state index contributed by atoms with van der Waals surface area (Å²) in [5, 5.41) is 9.08. The van der Waals surface area contributed by atoms with E-state index in [1.165, 1.54) is 4.90 Å². The van der Waals surface area contributed by atoms with Crippen LogP contribution in [0.2, 0.25) is 0 Å². The SMILES string of the molecule is CC1CN(c2nc(C(F)(F)F)ccc2C(=O)O)CCO1. The molecule has 1 aromatic heterocycles. The lowest BCUT2D eigenvalue weighted by molar-refractivity contribution is -0.141. The molecule has 20 heavy (non-hydrogen) atoms. The van der Waals surface area contributed by atoms with Crippen molar-refractivity contribution in [3.05, 3.63) is 23.4 Å². The summed E-state index contributed by atoms with van der Waals surface area (Å²) in [6, 6.07) is 1.62. The van der Waals surface area contributed by atoms with Gasteiger partial charge in [-0.3, -0.25) is 0 Å². The van der Waals surface area contributed by atoms with Gasteiger partial charge < -0.3 is 14.7 Å². The van der Waals surface area contributed by atoms with Gasteiger partial charge in [-0.2, -0.15) is 13.2 Å². The average Bonchev–Trinajstić information content (AvgIpc) is 2.37. The molecule has 0 radical (unpaired) electrons. The molecule has 8 heteroatoms. The fourth-order valence-corrected chi connectivity index (χ4v) is 2.03. The lowest BCUT2D eigenvalue weighted by Gasteiger charge is -2.33. The molecule has 0 amide bonds. The minimum absolute atomic E-state index is 0.164. The second kappa shape index (κ2) is 5.28. The Kier molecular flexibility index (Phi) is 3.85. The molecule has 1 aliphatic rings. The number of nitrogens with zero attached hydrogens (tertiary/aromatic N) is 2. The highest BCUT2D eigenvalue weighted by Gasteiger charge is 2.34. The van der Waals surface area contributed by atoms with E-state index in [1.807, 2.05) is 0 Å². The van der Waals surface area contributed by atoms with Crippen LogP contribution in [-0.2, 0) is 10.9 Å². The Bertz CT molecular complexity index is 519. The first-order valence-corrected chi connectivity index (χ1v) is 5.97. The monoisotopic (exact) mass is 290 g/mol. The van der Waals surface area contributed by atoms with Crippen LogP contribution in [0.1, 0.15) is 23.0 Å². The van der Waals surface area contributed by atoms with Gasteiger partial charge in [-0.05, 0) is 19.1 Å². The van der Waals surface area contributed by atoms with E-state index >= 15 is 0 Å². The highest BCUT2D eigenvalue weighted by molar-refractivity contribution is 5.93. The zero-order valence-electron chi connectivity index (χ0n) is 10.6. The average molecular weight is 290 g/mol. The van der Waals surface area contributed by atoms with Gasteiger partial charge in [-0.1, -0.05) is 0 Å². The van der Waals surface area contributed by atoms with E-state index in [0.717, 1.165) is 6.07 Å². The molecule has 1 aliphatic heterocycles. The number of ether oxygens (including phenoxy) is 1. The third kappa shape index (κ3) is 3.01. The van der Waals surface area contributed by atoms with E-state index in [-0.39, 0.29) is 17.5 Å². The predicted octanol–water partition coefficient (Wildman–Crippen LogP) is 2.02. The van der Waals surface area contributed by atoms with Crippen LogP contribution in [0.4, 0.5) is 19.0 Å². The summed E-state index contributed by atoms with van der Waals surface area (Å²) in [5.41, 5.74) is -1.34. The summed E-state index contributed by atoms with van der Waals surface area (Å²) in [6.45, 7) is 2.69. The number of morpholine rings is 1. The topological polar surface area (TPSA) is 62.7 Å². The minimum atomic E-state index is -4.61. The van der Waals surface area contributed by atoms with Crippen molar-refractivity contribution in [2.75, 3.05) is 24.6 Å². The maximum Gasteiger partial charge on any atom is 0.433 e. The van der Waals surface area contributed by atoms with Crippen molar-refractivity contribution in [2.45, 2.75) is 19.2 Å². The van der Waals surface area contributed by atoms with Crippen LogP contribution in [0.25, 0.3) is 0 Å². The molecular formula is C12H13F3N2O3. The molecule has 1 atom stereocenters. The van der Waals surface area contributed by atoms with E-state index < -0.39 is 17.8 Å². The number of aromatic nitrogens is 1. The molecule has 0 aromatic carbocycles. The van der Waals surface area contributed by atoms with Gasteiger partial charge in [-0.25, -0.2) is 9.78 Å². The van der Waals surface area contributed by atoms with Crippen molar-refractivity contribution in [1.29, 1.82) is 0 Å². The number of carboxylic acids is 1. The molecule has 1 unspecified atom stereocenters. The highest BCUT2D eigenvalue weighted by atomic mass is 19.4. The lowest BCUT2D eigenvalue weighted by Crippen LogP contribution is -2.42. The summed E-state index contributed by atoms with van der Waals surface area (Å²) in [4.78, 5) is 16.1. The van der Waals surface area contributed by atoms with Crippen LogP contribution in [0, 0.1) is 0 Å². The smallest absolute Gasteiger partial charge is 0.433 e. The van der Waals surface area contributed by atoms with Crippen LogP contribution < -0.4 is 4.90 Å². The van der Waals surface area contributed by atoms with Gasteiger partial charge in [0.25, 0.3) is 0 Å². The van der Waals surface area contributed by atoms with Gasteiger partial charge in [0.1, 0.15) is 17.1 Å². The number of anilines is 1. The number of carbonyl (C=O) groups is 1. The number of hydrogen-bond donors (Lipinski definition) is 1. The number of hydrogen-bond acceptors (Lipinski definition) is 4. The first-order valence-electron chi connectivity index (χ1n) is 5.97. The Labute approximate surface area is 113 Å². The van der Waals surface area contributed by atoms with Crippen molar-refractivity contribution in [1.82, 2.24) is 4.98 Å². The largest absolute Gasteiger partial charge is 0.478 e. The van der Waals surface area contributed by atoms with Crippen molar-refractivity contribution in [2.24, 2.45) is 0 Å². The standard InChI is InChI=1S/C12H13F3N2O3/c1-7-6-17(4-5-20-7)10-8(11(18)19)2-3-9(16-10)12(13,14)15/h2-3,7H,4-6H2,1H3,(H,18,19). The van der Waals surface area contributed by atoms with Gasteiger partial charge in [0.2, 0.25) is 0 Å². The van der Waals surface area contributed by atoms with E-state index in [9.17, 15) is 18.0 Å². The van der Waals surface area contributed by atoms with Gasteiger partial charge in [0.05, 0.1) is 12.7 Å². The Morgan fingerprint density at radius 2 is 2.20 bits per heavy atom. The zero-order chi connectivity index (χ0) is 14.9. The van der Waals surface area contributed by atoms with Crippen molar-refractivity contribution >= 4 is 11.8 Å². The molecular weight excluding hydrogens is 277 g/mol. The van der Waals surface area contributed by atoms with Crippen LogP contribution in [0.5, 0.6) is 0 Å². The molecule has 5 nitrogen and oxygen atoms in total. The molecule has 110 valence electrons. The second-order valence-corrected chi connectivity index (χ2v) is 4.50. The third-order valence-electron chi connectivity index (χ3n) is 2.94. The summed E-state index contributed by atoms with van der Waals surface area (Å²) in [5.74, 6) is -1.47. The first-order chi connectivity index (χ1) is 9.29. The molecule has 0 aliphatic carbocycles. The molecule has 1 fully saturated rings. The summed E-state index contributed by atoms with van der Waals surface area (Å²) in [7, 11) is 0. The van der Waals surface area contributed by atoms with Crippen LogP contribution in [0.15, 0.2) is 12.1 Å². The molecule has 1 N–H and O–H groups in total. The van der Waals surface area contributed by atoms with Crippen molar-refractivity contribution in [3.8, 4) is 0 Å². The number of carboxylic acid groups (broad SMARTS) is 1. The summed E-state index contributed by atoms with van der Waals surface area (Å²) >= 11 is 0. The Hall–Kier alpha value is -1.83. The first kappa shape index (κ1) is 14.6. The summed E-state index contributed by atoms with van der Waals surface area (Å²) < 4.78 is 43.4.